The number of hydrogen-bond acceptors (Lipinski definition) is 3. The van der Waals surface area contributed by atoms with E-state index in [2.05, 4.69) is 14.8 Å². The maximum atomic E-state index is 13.3. The van der Waals surface area contributed by atoms with Crippen molar-refractivity contribution in [1.29, 1.82) is 0 Å². The predicted octanol–water partition coefficient (Wildman–Crippen LogP) is 3.31. The molecule has 1 amide bonds. The van der Waals surface area contributed by atoms with E-state index in [-0.39, 0.29) is 23.0 Å². The van der Waals surface area contributed by atoms with Crippen LogP contribution < -0.4 is 14.8 Å². The second-order valence-corrected chi connectivity index (χ2v) is 8.95. The number of carbonyl (C=O) groups excluding carboxylic acids is 1. The molecule has 0 radical (unpaired) electrons. The summed E-state index contributed by atoms with van der Waals surface area (Å²) in [6.07, 6.45) is 2.88. The summed E-state index contributed by atoms with van der Waals surface area (Å²) < 4.78 is 43.0. The van der Waals surface area contributed by atoms with Crippen molar-refractivity contribution in [3.05, 3.63) is 63.9 Å². The van der Waals surface area contributed by atoms with Gasteiger partial charge in [-0.1, -0.05) is 23.7 Å². The van der Waals surface area contributed by atoms with Gasteiger partial charge in [-0.25, -0.2) is 4.39 Å². The fourth-order valence-corrected chi connectivity index (χ4v) is 4.95. The topological polar surface area (TPSA) is 87.3 Å². The van der Waals surface area contributed by atoms with Gasteiger partial charge in [-0.05, 0) is 61.1 Å². The summed E-state index contributed by atoms with van der Waals surface area (Å²) in [6.45, 7) is 0. The molecular weight excluding hydrogens is 405 g/mol. The Hall–Kier alpha value is -2.00. The molecule has 0 spiro atoms. The number of nitrogens with one attached hydrogen (secondary N) is 3. The number of fused-ring (bicyclic) bond motifs is 1. The van der Waals surface area contributed by atoms with E-state index in [0.29, 0.717) is 24.1 Å². The maximum Gasteiger partial charge on any atom is 0.277 e. The first-order valence-electron chi connectivity index (χ1n) is 9.00. The van der Waals surface area contributed by atoms with Crippen LogP contribution in [0.15, 0.2) is 36.4 Å². The van der Waals surface area contributed by atoms with Gasteiger partial charge in [-0.2, -0.15) is 17.9 Å². The predicted molar refractivity (Wildman–Crippen MR) is 105 cm³/mol. The smallest absolute Gasteiger partial charge is 0.277 e. The molecule has 2 aromatic rings. The van der Waals surface area contributed by atoms with Gasteiger partial charge in [-0.3, -0.25) is 4.79 Å². The Morgan fingerprint density at radius 3 is 2.61 bits per heavy atom. The van der Waals surface area contributed by atoms with Crippen LogP contribution in [0.5, 0.6) is 0 Å². The van der Waals surface area contributed by atoms with Gasteiger partial charge in [0, 0.05) is 23.3 Å². The fourth-order valence-electron chi connectivity index (χ4n) is 3.40. The lowest BCUT2D eigenvalue weighted by molar-refractivity contribution is 0.102. The average Bonchev–Trinajstić information content (AvgIpc) is 3.35. The van der Waals surface area contributed by atoms with Crippen LogP contribution in [0.3, 0.4) is 0 Å². The van der Waals surface area contributed by atoms with Gasteiger partial charge < -0.3 is 5.32 Å². The SMILES string of the molecule is O=C(Nc1ccc(F)c(Cl)c1)c1cccc2c1CC[C@@H]2NS(=O)(=O)NC1CC1. The van der Waals surface area contributed by atoms with E-state index >= 15 is 0 Å². The number of carbonyl (C=O) groups is 1. The Morgan fingerprint density at radius 1 is 1.11 bits per heavy atom. The Morgan fingerprint density at radius 2 is 1.89 bits per heavy atom. The molecule has 28 heavy (non-hydrogen) atoms. The number of anilines is 1. The summed E-state index contributed by atoms with van der Waals surface area (Å²) in [5.41, 5.74) is 2.46. The molecule has 0 unspecified atom stereocenters. The van der Waals surface area contributed by atoms with Gasteiger partial charge in [0.2, 0.25) is 0 Å². The van der Waals surface area contributed by atoms with Crippen LogP contribution in [0, 0.1) is 5.82 Å². The highest BCUT2D eigenvalue weighted by molar-refractivity contribution is 7.87. The second-order valence-electron chi connectivity index (χ2n) is 7.06. The Kier molecular flexibility index (Phi) is 5.13. The zero-order chi connectivity index (χ0) is 19.9. The highest BCUT2D eigenvalue weighted by Gasteiger charge is 2.32. The molecule has 2 aliphatic carbocycles. The third-order valence-corrected chi connectivity index (χ3v) is 6.42. The molecule has 148 valence electrons. The lowest BCUT2D eigenvalue weighted by Crippen LogP contribution is -2.39. The first-order chi connectivity index (χ1) is 13.3. The van der Waals surface area contributed by atoms with Crippen molar-refractivity contribution in [2.45, 2.75) is 37.8 Å². The molecule has 4 rings (SSSR count). The van der Waals surface area contributed by atoms with Crippen molar-refractivity contribution >= 4 is 33.4 Å². The number of benzene rings is 2. The minimum atomic E-state index is -3.59. The van der Waals surface area contributed by atoms with Crippen LogP contribution >= 0.6 is 11.6 Å². The molecule has 0 aromatic heterocycles. The van der Waals surface area contributed by atoms with Crippen molar-refractivity contribution in [2.24, 2.45) is 0 Å². The van der Waals surface area contributed by atoms with Gasteiger partial charge in [0.15, 0.2) is 0 Å². The molecule has 2 aromatic carbocycles. The number of halogens is 2. The van der Waals surface area contributed by atoms with E-state index in [1.54, 1.807) is 12.1 Å². The van der Waals surface area contributed by atoms with Crippen molar-refractivity contribution in [1.82, 2.24) is 9.44 Å². The minimum absolute atomic E-state index is 0.0259. The maximum absolute atomic E-state index is 13.3. The summed E-state index contributed by atoms with van der Waals surface area (Å²) in [5.74, 6) is -0.908. The molecule has 0 bridgehead atoms. The van der Waals surface area contributed by atoms with Crippen LogP contribution in [0.1, 0.15) is 46.8 Å². The quantitative estimate of drug-likeness (QED) is 0.666. The molecule has 0 saturated heterocycles. The van der Waals surface area contributed by atoms with Gasteiger partial charge >= 0.3 is 0 Å². The summed E-state index contributed by atoms with van der Waals surface area (Å²) in [7, 11) is -3.59. The third kappa shape index (κ3) is 4.20. The van der Waals surface area contributed by atoms with Gasteiger partial charge in [0.05, 0.1) is 5.02 Å². The molecule has 0 aliphatic heterocycles. The van der Waals surface area contributed by atoms with Crippen LogP contribution in [0.25, 0.3) is 0 Å². The first kappa shape index (κ1) is 19.3. The first-order valence-corrected chi connectivity index (χ1v) is 10.9. The number of rotatable bonds is 6. The molecule has 1 atom stereocenters. The molecule has 1 fully saturated rings. The van der Waals surface area contributed by atoms with Gasteiger partial charge in [-0.15, -0.1) is 0 Å². The Labute approximate surface area is 167 Å². The summed E-state index contributed by atoms with van der Waals surface area (Å²) in [4.78, 5) is 12.7. The van der Waals surface area contributed by atoms with Gasteiger partial charge in [0.25, 0.3) is 16.1 Å². The van der Waals surface area contributed by atoms with Crippen molar-refractivity contribution in [3.63, 3.8) is 0 Å². The highest BCUT2D eigenvalue weighted by atomic mass is 35.5. The van der Waals surface area contributed by atoms with Crippen molar-refractivity contribution < 1.29 is 17.6 Å². The third-order valence-electron chi connectivity index (χ3n) is 4.89. The molecule has 0 heterocycles. The van der Waals surface area contributed by atoms with E-state index in [0.717, 1.165) is 24.0 Å². The summed E-state index contributed by atoms with van der Waals surface area (Å²) in [5, 5.41) is 2.64. The summed E-state index contributed by atoms with van der Waals surface area (Å²) in [6, 6.07) is 8.87. The van der Waals surface area contributed by atoms with Gasteiger partial charge in [0.1, 0.15) is 5.82 Å². The largest absolute Gasteiger partial charge is 0.322 e. The molecule has 2 aliphatic rings. The zero-order valence-electron chi connectivity index (χ0n) is 14.8. The van der Waals surface area contributed by atoms with Crippen LogP contribution in [0.2, 0.25) is 5.02 Å². The lowest BCUT2D eigenvalue weighted by Gasteiger charge is -2.15. The van der Waals surface area contributed by atoms with E-state index < -0.39 is 16.0 Å². The standard InChI is InChI=1S/C19H19ClFN3O3S/c20-16-10-12(6-8-17(16)21)22-19(25)15-3-1-2-14-13(15)7-9-18(14)24-28(26,27)23-11-4-5-11/h1-3,6,8,10-11,18,23-24H,4-5,7,9H2,(H,22,25)/t18-/m0/s1. The average molecular weight is 424 g/mol. The van der Waals surface area contributed by atoms with E-state index in [1.165, 1.54) is 18.2 Å². The number of hydrogen-bond donors (Lipinski definition) is 3. The molecule has 3 N–H and O–H groups in total. The van der Waals surface area contributed by atoms with Crippen LogP contribution in [-0.4, -0.2) is 20.4 Å². The fraction of sp³-hybridized carbons (Fsp3) is 0.316. The highest BCUT2D eigenvalue weighted by Crippen LogP contribution is 2.34. The van der Waals surface area contributed by atoms with Crippen LogP contribution in [0.4, 0.5) is 10.1 Å². The second kappa shape index (κ2) is 7.44. The van der Waals surface area contributed by atoms with E-state index in [4.69, 9.17) is 11.6 Å². The van der Waals surface area contributed by atoms with Crippen molar-refractivity contribution in [2.75, 3.05) is 5.32 Å². The normalized spacial score (nSPS) is 18.7. The molecule has 1 saturated carbocycles. The minimum Gasteiger partial charge on any atom is -0.322 e. The van der Waals surface area contributed by atoms with E-state index in [9.17, 15) is 17.6 Å². The lowest BCUT2D eigenvalue weighted by atomic mass is 10.0. The summed E-state index contributed by atoms with van der Waals surface area (Å²) >= 11 is 5.76. The molecule has 9 heteroatoms. The number of amides is 1. The zero-order valence-corrected chi connectivity index (χ0v) is 16.4. The molecule has 6 nitrogen and oxygen atoms in total. The Balaban J connectivity index is 1.53. The van der Waals surface area contributed by atoms with Crippen LogP contribution in [-0.2, 0) is 16.6 Å². The van der Waals surface area contributed by atoms with Crippen molar-refractivity contribution in [3.8, 4) is 0 Å². The van der Waals surface area contributed by atoms with E-state index in [1.807, 2.05) is 6.07 Å². The monoisotopic (exact) mass is 423 g/mol. The Bertz CT molecular complexity index is 1040. The molecular formula is C19H19ClFN3O3S.